The molecule has 12 heteroatoms. The van der Waals surface area contributed by atoms with Crippen molar-refractivity contribution in [3.63, 3.8) is 0 Å². The molecule has 0 aromatic heterocycles. The SMILES string of the molecule is COc1cc(/C=C/C(=O)CC(=O)/C=C/c2ccc(O)c(OC)c2)ccc1O.NC(N)=NCCCC(N)C(=O)O. The van der Waals surface area contributed by atoms with Crippen molar-refractivity contribution in [2.75, 3.05) is 20.8 Å². The number of hydrogen-bond acceptors (Lipinski definition) is 9. The summed E-state index contributed by atoms with van der Waals surface area (Å²) in [5, 5.41) is 27.5. The van der Waals surface area contributed by atoms with Crippen molar-refractivity contribution >= 4 is 35.6 Å². The summed E-state index contributed by atoms with van der Waals surface area (Å²) < 4.78 is 10.00. The summed E-state index contributed by atoms with van der Waals surface area (Å²) in [7, 11) is 2.87. The second-order valence-electron chi connectivity index (χ2n) is 8.03. The molecule has 0 saturated carbocycles. The fourth-order valence-corrected chi connectivity index (χ4v) is 2.91. The predicted octanol–water partition coefficient (Wildman–Crippen LogP) is 1.82. The maximum atomic E-state index is 11.9. The van der Waals surface area contributed by atoms with Crippen LogP contribution in [-0.4, -0.2) is 65.6 Å². The maximum absolute atomic E-state index is 11.9. The van der Waals surface area contributed by atoms with Crippen LogP contribution >= 0.6 is 0 Å². The second-order valence-corrected chi connectivity index (χ2v) is 8.03. The molecule has 0 saturated heterocycles. The molecule has 1 unspecified atom stereocenters. The van der Waals surface area contributed by atoms with E-state index in [0.717, 1.165) is 0 Å². The summed E-state index contributed by atoms with van der Waals surface area (Å²) in [4.78, 5) is 37.8. The molecule has 39 heavy (non-hydrogen) atoms. The lowest BCUT2D eigenvalue weighted by Crippen LogP contribution is -2.30. The third-order valence-corrected chi connectivity index (χ3v) is 4.96. The number of methoxy groups -OCH3 is 2. The molecule has 210 valence electrons. The van der Waals surface area contributed by atoms with E-state index in [9.17, 15) is 24.6 Å². The number of guanidine groups is 1. The van der Waals surface area contributed by atoms with Gasteiger partial charge in [-0.25, -0.2) is 0 Å². The normalized spacial score (nSPS) is 11.4. The number of carboxylic acid groups (broad SMARTS) is 1. The number of phenolic OH excluding ortho intramolecular Hbond substituents is 2. The first-order valence-electron chi connectivity index (χ1n) is 11.7. The van der Waals surface area contributed by atoms with Gasteiger partial charge in [0.1, 0.15) is 6.04 Å². The van der Waals surface area contributed by atoms with Gasteiger partial charge in [-0.1, -0.05) is 24.3 Å². The number of nitrogens with two attached hydrogens (primary N) is 3. The van der Waals surface area contributed by atoms with E-state index in [-0.39, 0.29) is 35.4 Å². The van der Waals surface area contributed by atoms with Gasteiger partial charge in [-0.2, -0.15) is 0 Å². The largest absolute Gasteiger partial charge is 0.504 e. The van der Waals surface area contributed by atoms with E-state index in [2.05, 4.69) is 4.99 Å². The molecule has 0 aliphatic heterocycles. The maximum Gasteiger partial charge on any atom is 0.320 e. The van der Waals surface area contributed by atoms with E-state index in [4.69, 9.17) is 31.8 Å². The molecule has 0 fully saturated rings. The number of allylic oxidation sites excluding steroid dienone is 2. The van der Waals surface area contributed by atoms with Crippen LogP contribution in [0.15, 0.2) is 53.5 Å². The number of benzene rings is 2. The first-order chi connectivity index (χ1) is 18.5. The Hall–Kier alpha value is -4.84. The van der Waals surface area contributed by atoms with Gasteiger partial charge in [0.15, 0.2) is 40.5 Å². The number of aromatic hydroxyl groups is 2. The van der Waals surface area contributed by atoms with Crippen LogP contribution < -0.4 is 26.7 Å². The van der Waals surface area contributed by atoms with Crippen molar-refractivity contribution in [3.05, 3.63) is 59.7 Å². The van der Waals surface area contributed by atoms with Gasteiger partial charge in [-0.05, 0) is 60.4 Å². The molecule has 2 aromatic carbocycles. The molecule has 0 radical (unpaired) electrons. The number of carbonyl (C=O) groups excluding carboxylic acids is 2. The molecule has 0 aliphatic carbocycles. The Bertz CT molecular complexity index is 1150. The van der Waals surface area contributed by atoms with E-state index in [1.165, 1.54) is 38.5 Å². The van der Waals surface area contributed by atoms with Crippen LogP contribution in [0.25, 0.3) is 12.2 Å². The van der Waals surface area contributed by atoms with Crippen LogP contribution in [0.2, 0.25) is 0 Å². The van der Waals surface area contributed by atoms with Crippen LogP contribution in [0.5, 0.6) is 23.0 Å². The zero-order valence-corrected chi connectivity index (χ0v) is 21.7. The van der Waals surface area contributed by atoms with Gasteiger partial charge in [-0.15, -0.1) is 0 Å². The van der Waals surface area contributed by atoms with Gasteiger partial charge in [-0.3, -0.25) is 19.4 Å². The minimum absolute atomic E-state index is 0.00662. The fourth-order valence-electron chi connectivity index (χ4n) is 2.91. The van der Waals surface area contributed by atoms with Crippen LogP contribution in [0.3, 0.4) is 0 Å². The number of aliphatic carboxylic acids is 1. The number of phenols is 2. The number of ketones is 2. The lowest BCUT2D eigenvalue weighted by molar-refractivity contribution is -0.138. The van der Waals surface area contributed by atoms with Crippen molar-refractivity contribution in [2.24, 2.45) is 22.2 Å². The molecule has 0 heterocycles. The van der Waals surface area contributed by atoms with Gasteiger partial charge >= 0.3 is 5.97 Å². The zero-order valence-electron chi connectivity index (χ0n) is 21.7. The van der Waals surface area contributed by atoms with Crippen LogP contribution in [0.4, 0.5) is 0 Å². The first kappa shape index (κ1) is 32.2. The van der Waals surface area contributed by atoms with E-state index < -0.39 is 12.0 Å². The highest BCUT2D eigenvalue weighted by molar-refractivity contribution is 6.10. The summed E-state index contributed by atoms with van der Waals surface area (Å²) in [5.74, 6) is -1.07. The third kappa shape index (κ3) is 12.8. The first-order valence-corrected chi connectivity index (χ1v) is 11.7. The van der Waals surface area contributed by atoms with Gasteiger partial charge in [0, 0.05) is 6.54 Å². The van der Waals surface area contributed by atoms with Crippen molar-refractivity contribution in [1.29, 1.82) is 0 Å². The molecule has 9 N–H and O–H groups in total. The number of carbonyl (C=O) groups is 3. The Labute approximate surface area is 226 Å². The number of carboxylic acids is 1. The van der Waals surface area contributed by atoms with E-state index in [1.54, 1.807) is 36.4 Å². The molecule has 12 nitrogen and oxygen atoms in total. The highest BCUT2D eigenvalue weighted by Crippen LogP contribution is 2.27. The minimum atomic E-state index is -1.00. The number of aliphatic imine (C=N–C) groups is 1. The van der Waals surface area contributed by atoms with E-state index in [0.29, 0.717) is 42.0 Å². The predicted molar refractivity (Wildman–Crippen MR) is 148 cm³/mol. The standard InChI is InChI=1S/C21H20O6.C6H14N4O2/c1-26-20-11-14(5-9-18(20)24)3-7-16(22)13-17(23)8-4-15-6-10-19(25)21(12-15)27-2;7-4(5(11)12)2-1-3-10-6(8)9/h3-12,24-25H,13H2,1-2H3;4H,1-3,7H2,(H,11,12)(H4,8,9,10)/b7-3+,8-4+;. The molecule has 0 amide bonds. The molecule has 0 spiro atoms. The molecule has 0 aliphatic rings. The number of ether oxygens (including phenoxy) is 2. The molecule has 2 aromatic rings. The average Bonchev–Trinajstić information content (AvgIpc) is 2.90. The Morgan fingerprint density at radius 3 is 1.74 bits per heavy atom. The third-order valence-electron chi connectivity index (χ3n) is 4.96. The molecule has 0 bridgehead atoms. The van der Waals surface area contributed by atoms with Crippen molar-refractivity contribution in [2.45, 2.75) is 25.3 Å². The van der Waals surface area contributed by atoms with Crippen LogP contribution in [0, 0.1) is 0 Å². The van der Waals surface area contributed by atoms with Crippen molar-refractivity contribution < 1.29 is 39.2 Å². The van der Waals surface area contributed by atoms with Gasteiger partial charge in [0.25, 0.3) is 0 Å². The summed E-state index contributed by atoms with van der Waals surface area (Å²) in [5.41, 5.74) is 16.6. The number of hydrogen-bond donors (Lipinski definition) is 6. The highest BCUT2D eigenvalue weighted by Gasteiger charge is 2.09. The lowest BCUT2D eigenvalue weighted by Gasteiger charge is -2.03. The quantitative estimate of drug-likeness (QED) is 0.0704. The van der Waals surface area contributed by atoms with Crippen molar-refractivity contribution in [3.8, 4) is 23.0 Å². The van der Waals surface area contributed by atoms with Gasteiger partial charge in [0.05, 0.1) is 20.6 Å². The monoisotopic (exact) mass is 542 g/mol. The summed E-state index contributed by atoms with van der Waals surface area (Å²) in [6, 6.07) is 8.52. The Morgan fingerprint density at radius 1 is 0.897 bits per heavy atom. The number of rotatable bonds is 13. The van der Waals surface area contributed by atoms with Crippen LogP contribution in [0.1, 0.15) is 30.4 Å². The molecular formula is C27H34N4O8. The second kappa shape index (κ2) is 16.8. The van der Waals surface area contributed by atoms with Gasteiger partial charge < -0.3 is 42.0 Å². The zero-order chi connectivity index (χ0) is 29.4. The Morgan fingerprint density at radius 2 is 1.36 bits per heavy atom. The summed E-state index contributed by atoms with van der Waals surface area (Å²) in [6.07, 6.45) is 6.40. The summed E-state index contributed by atoms with van der Waals surface area (Å²) >= 11 is 0. The van der Waals surface area contributed by atoms with E-state index in [1.807, 2.05) is 0 Å². The smallest absolute Gasteiger partial charge is 0.320 e. The van der Waals surface area contributed by atoms with Crippen molar-refractivity contribution in [1.82, 2.24) is 0 Å². The fraction of sp³-hybridized carbons (Fsp3) is 0.259. The molecule has 2 rings (SSSR count). The van der Waals surface area contributed by atoms with Crippen LogP contribution in [-0.2, 0) is 14.4 Å². The highest BCUT2D eigenvalue weighted by atomic mass is 16.5. The minimum Gasteiger partial charge on any atom is -0.504 e. The topological polar surface area (TPSA) is 221 Å². The molecular weight excluding hydrogens is 508 g/mol. The van der Waals surface area contributed by atoms with E-state index >= 15 is 0 Å². The Kier molecular flexibility index (Phi) is 13.9. The van der Waals surface area contributed by atoms with Gasteiger partial charge in [0.2, 0.25) is 0 Å². The molecule has 1 atom stereocenters. The lowest BCUT2D eigenvalue weighted by atomic mass is 10.1. The summed E-state index contributed by atoms with van der Waals surface area (Å²) in [6.45, 7) is 0.420. The Balaban J connectivity index is 0.000000534. The average molecular weight is 543 g/mol. The number of nitrogens with zero attached hydrogens (tertiary/aromatic N) is 1.